The van der Waals surface area contributed by atoms with Crippen LogP contribution in [0, 0.1) is 0 Å². The topological polar surface area (TPSA) is 47.9 Å². The van der Waals surface area contributed by atoms with E-state index >= 15 is 0 Å². The van der Waals surface area contributed by atoms with Gasteiger partial charge in [-0.3, -0.25) is 0 Å². The fourth-order valence-electron chi connectivity index (χ4n) is 1.45. The molecular weight excluding hydrogens is 178 g/mol. The van der Waals surface area contributed by atoms with Crippen molar-refractivity contribution in [2.45, 2.75) is 0 Å². The van der Waals surface area contributed by atoms with Crippen molar-refractivity contribution in [3.63, 3.8) is 0 Å². The van der Waals surface area contributed by atoms with Crippen LogP contribution in [-0.2, 0) is 0 Å². The number of pyridine rings is 1. The van der Waals surface area contributed by atoms with E-state index < -0.39 is 0 Å². The van der Waals surface area contributed by atoms with E-state index in [-0.39, 0.29) is 0 Å². The van der Waals surface area contributed by atoms with E-state index in [9.17, 15) is 0 Å². The Bertz CT molecular complexity index is 522. The van der Waals surface area contributed by atoms with Crippen molar-refractivity contribution in [2.24, 2.45) is 0 Å². The highest BCUT2D eigenvalue weighted by molar-refractivity contribution is 5.78. The van der Waals surface area contributed by atoms with Gasteiger partial charge in [-0.2, -0.15) is 0 Å². The summed E-state index contributed by atoms with van der Waals surface area (Å²) in [6, 6.07) is 1.92. The highest BCUT2D eigenvalue weighted by Crippen LogP contribution is 2.24. The summed E-state index contributed by atoms with van der Waals surface area (Å²) in [6.45, 7) is 0.605. The monoisotopic (exact) mass is 185 g/mol. The minimum Gasteiger partial charge on any atom is -0.487 e. The molecule has 14 heavy (non-hydrogen) atoms. The quantitative estimate of drug-likeness (QED) is 0.623. The van der Waals surface area contributed by atoms with Crippen LogP contribution in [0.15, 0.2) is 24.7 Å². The highest BCUT2D eigenvalue weighted by Gasteiger charge is 2.08. The lowest BCUT2D eigenvalue weighted by Gasteiger charge is -2.11. The van der Waals surface area contributed by atoms with Gasteiger partial charge >= 0.3 is 0 Å². The fraction of sp³-hybridized carbons (Fsp3) is 0.100. The molecule has 68 valence electrons. The van der Waals surface area contributed by atoms with Gasteiger partial charge in [-0.15, -0.1) is 0 Å². The lowest BCUT2D eigenvalue weighted by atomic mass is 10.2. The summed E-state index contributed by atoms with van der Waals surface area (Å²) in [5.41, 5.74) is 1.54. The molecule has 4 heteroatoms. The Balaban J connectivity index is 2.34. The van der Waals surface area contributed by atoms with Crippen LogP contribution in [0.2, 0.25) is 0 Å². The molecule has 0 saturated heterocycles. The molecule has 0 N–H and O–H groups in total. The summed E-state index contributed by atoms with van der Waals surface area (Å²) in [4.78, 5) is 12.4. The van der Waals surface area contributed by atoms with Gasteiger partial charge in [0.25, 0.3) is 0 Å². The highest BCUT2D eigenvalue weighted by atomic mass is 16.5. The predicted octanol–water partition coefficient (Wildman–Crippen LogP) is 1.43. The van der Waals surface area contributed by atoms with Gasteiger partial charge in [-0.25, -0.2) is 15.0 Å². The van der Waals surface area contributed by atoms with Crippen LogP contribution in [0.1, 0.15) is 5.69 Å². The number of aromatic nitrogens is 3. The molecule has 1 aliphatic heterocycles. The van der Waals surface area contributed by atoms with E-state index in [0.717, 1.165) is 16.8 Å². The van der Waals surface area contributed by atoms with Crippen molar-refractivity contribution < 1.29 is 4.74 Å². The Kier molecular flexibility index (Phi) is 1.47. The number of hydrogen-bond donors (Lipinski definition) is 0. The van der Waals surface area contributed by atoms with Crippen molar-refractivity contribution in [3.8, 4) is 5.75 Å². The lowest BCUT2D eigenvalue weighted by Crippen LogP contribution is -2.02. The van der Waals surface area contributed by atoms with Crippen LogP contribution >= 0.6 is 0 Å². The zero-order chi connectivity index (χ0) is 9.38. The van der Waals surface area contributed by atoms with Crippen LogP contribution in [0.25, 0.3) is 17.1 Å². The largest absolute Gasteiger partial charge is 0.487 e. The maximum atomic E-state index is 5.43. The fourth-order valence-corrected chi connectivity index (χ4v) is 1.45. The molecule has 3 rings (SSSR count). The summed E-state index contributed by atoms with van der Waals surface area (Å²) in [5.74, 6) is 0.801. The third-order valence-corrected chi connectivity index (χ3v) is 2.09. The standard InChI is InChI=1S/C10H7N3O/c1-2-8-9(14-3-1)4-7-5-11-6-12-10(7)13-8/h1-2,4-6H,3H2. The molecule has 0 aliphatic carbocycles. The molecule has 0 bridgehead atoms. The van der Waals surface area contributed by atoms with Gasteiger partial charge in [0.2, 0.25) is 0 Å². The molecular formula is C10H7N3O. The summed E-state index contributed by atoms with van der Waals surface area (Å²) in [7, 11) is 0. The van der Waals surface area contributed by atoms with Gasteiger partial charge in [0, 0.05) is 11.6 Å². The number of rotatable bonds is 0. The van der Waals surface area contributed by atoms with Crippen LogP contribution in [0.5, 0.6) is 5.75 Å². The number of fused-ring (bicyclic) bond motifs is 2. The maximum Gasteiger partial charge on any atom is 0.163 e. The van der Waals surface area contributed by atoms with Gasteiger partial charge in [-0.1, -0.05) is 0 Å². The number of ether oxygens (including phenoxy) is 1. The molecule has 0 unspecified atom stereocenters. The van der Waals surface area contributed by atoms with Crippen molar-refractivity contribution in [2.75, 3.05) is 6.61 Å². The van der Waals surface area contributed by atoms with Crippen LogP contribution in [0.4, 0.5) is 0 Å². The average molecular weight is 185 g/mol. The third-order valence-electron chi connectivity index (χ3n) is 2.09. The van der Waals surface area contributed by atoms with E-state index in [1.807, 2.05) is 18.2 Å². The lowest BCUT2D eigenvalue weighted by molar-refractivity contribution is 0.357. The van der Waals surface area contributed by atoms with Gasteiger partial charge < -0.3 is 4.74 Å². The maximum absolute atomic E-state index is 5.43. The molecule has 2 aromatic rings. The molecule has 0 fully saturated rings. The zero-order valence-electron chi connectivity index (χ0n) is 7.34. The second-order valence-corrected chi connectivity index (χ2v) is 3.02. The van der Waals surface area contributed by atoms with Gasteiger partial charge in [0.1, 0.15) is 24.4 Å². The molecule has 0 radical (unpaired) electrons. The molecule has 2 aromatic heterocycles. The molecule has 0 aromatic carbocycles. The van der Waals surface area contributed by atoms with Crippen LogP contribution in [-0.4, -0.2) is 21.6 Å². The first-order valence-electron chi connectivity index (χ1n) is 4.33. The molecule has 1 aliphatic rings. The predicted molar refractivity (Wildman–Crippen MR) is 51.9 cm³/mol. The van der Waals surface area contributed by atoms with Gasteiger partial charge in [-0.05, 0) is 18.2 Å². The summed E-state index contributed by atoms with van der Waals surface area (Å²) >= 11 is 0. The van der Waals surface area contributed by atoms with Crippen molar-refractivity contribution in [1.29, 1.82) is 0 Å². The number of nitrogens with zero attached hydrogens (tertiary/aromatic N) is 3. The zero-order valence-corrected chi connectivity index (χ0v) is 7.34. The Labute approximate surface area is 80.3 Å². The van der Waals surface area contributed by atoms with Gasteiger partial charge in [0.15, 0.2) is 5.65 Å². The van der Waals surface area contributed by atoms with Crippen molar-refractivity contribution in [1.82, 2.24) is 15.0 Å². The van der Waals surface area contributed by atoms with Crippen LogP contribution < -0.4 is 4.74 Å². The molecule has 3 heterocycles. The number of hydrogen-bond acceptors (Lipinski definition) is 4. The SMILES string of the molecule is C1=Cc2nc3ncncc3cc2OC1. The minimum atomic E-state index is 0.605. The van der Waals surface area contributed by atoms with E-state index in [2.05, 4.69) is 15.0 Å². The molecule has 4 nitrogen and oxygen atoms in total. The van der Waals surface area contributed by atoms with Crippen LogP contribution in [0.3, 0.4) is 0 Å². The average Bonchev–Trinajstić information content (AvgIpc) is 2.26. The van der Waals surface area contributed by atoms with E-state index in [1.54, 1.807) is 6.20 Å². The first-order valence-corrected chi connectivity index (χ1v) is 4.33. The van der Waals surface area contributed by atoms with Gasteiger partial charge in [0.05, 0.1) is 0 Å². The molecule has 0 atom stereocenters. The van der Waals surface area contributed by atoms with Crippen molar-refractivity contribution >= 4 is 17.1 Å². The van der Waals surface area contributed by atoms with Crippen molar-refractivity contribution in [3.05, 3.63) is 30.4 Å². The third kappa shape index (κ3) is 1.04. The normalized spacial score (nSPS) is 13.7. The van der Waals surface area contributed by atoms with E-state index in [0.29, 0.717) is 12.3 Å². The molecule has 0 saturated carbocycles. The van der Waals surface area contributed by atoms with E-state index in [4.69, 9.17) is 4.74 Å². The summed E-state index contributed by atoms with van der Waals surface area (Å²) < 4.78 is 5.43. The molecule has 0 spiro atoms. The smallest absolute Gasteiger partial charge is 0.163 e. The Morgan fingerprint density at radius 3 is 3.36 bits per heavy atom. The first-order chi connectivity index (χ1) is 6.93. The summed E-state index contributed by atoms with van der Waals surface area (Å²) in [5, 5.41) is 0.904. The Hall–Kier alpha value is -1.97. The molecule has 0 amide bonds. The Morgan fingerprint density at radius 2 is 2.36 bits per heavy atom. The first kappa shape index (κ1) is 7.44. The second-order valence-electron chi connectivity index (χ2n) is 3.02. The van der Waals surface area contributed by atoms with E-state index in [1.165, 1.54) is 6.33 Å². The minimum absolute atomic E-state index is 0.605. The Morgan fingerprint density at radius 1 is 1.36 bits per heavy atom. The summed E-state index contributed by atoms with van der Waals surface area (Å²) in [6.07, 6.45) is 7.11. The second kappa shape index (κ2) is 2.77.